The zero-order valence-corrected chi connectivity index (χ0v) is 12.3. The number of carbonyl (C=O) groups is 2. The van der Waals surface area contributed by atoms with Gasteiger partial charge in [0, 0.05) is 0 Å². The van der Waals surface area contributed by atoms with Gasteiger partial charge >= 0.3 is 12.0 Å². The van der Waals surface area contributed by atoms with Crippen molar-refractivity contribution in [2.75, 3.05) is 0 Å². The van der Waals surface area contributed by atoms with Crippen LogP contribution < -0.4 is 10.6 Å². The number of carboxylic acids is 1. The summed E-state index contributed by atoms with van der Waals surface area (Å²) in [5.74, 6) is -1.05. The molecule has 6 nitrogen and oxygen atoms in total. The monoisotopic (exact) mass is 286 g/mol. The van der Waals surface area contributed by atoms with Crippen LogP contribution in [0.2, 0.25) is 0 Å². The van der Waals surface area contributed by atoms with Crippen molar-refractivity contribution in [1.29, 1.82) is 0 Å². The van der Waals surface area contributed by atoms with Gasteiger partial charge in [0.1, 0.15) is 5.54 Å². The molecular weight excluding hydrogens is 260 g/mol. The number of urea groups is 1. The first-order valence-electron chi connectivity index (χ1n) is 7.39. The number of carbonyl (C=O) groups excluding carboxylic acids is 1. The second-order valence-corrected chi connectivity index (χ2v) is 5.80. The van der Waals surface area contributed by atoms with E-state index in [4.69, 9.17) is 0 Å². The fourth-order valence-corrected chi connectivity index (χ4v) is 2.63. The van der Waals surface area contributed by atoms with E-state index in [1.54, 1.807) is 0 Å². The molecule has 116 valence electrons. The van der Waals surface area contributed by atoms with Crippen molar-refractivity contribution in [1.82, 2.24) is 10.6 Å². The first-order chi connectivity index (χ1) is 9.39. The van der Waals surface area contributed by atoms with Gasteiger partial charge < -0.3 is 20.8 Å². The summed E-state index contributed by atoms with van der Waals surface area (Å²) < 4.78 is 0. The molecule has 0 bridgehead atoms. The SMILES string of the molecule is CCCC(C)(NC(=O)NC1CCCCCC1O)C(=O)O. The normalized spacial score (nSPS) is 26.1. The van der Waals surface area contributed by atoms with E-state index in [0.717, 1.165) is 25.7 Å². The van der Waals surface area contributed by atoms with Crippen molar-refractivity contribution < 1.29 is 19.8 Å². The van der Waals surface area contributed by atoms with Gasteiger partial charge in [0.2, 0.25) is 0 Å². The molecule has 0 radical (unpaired) electrons. The summed E-state index contributed by atoms with van der Waals surface area (Å²) in [5, 5.41) is 24.4. The molecule has 0 aromatic carbocycles. The zero-order chi connectivity index (χ0) is 15.2. The molecule has 1 saturated carbocycles. The highest BCUT2D eigenvalue weighted by molar-refractivity contribution is 5.85. The van der Waals surface area contributed by atoms with Crippen LogP contribution in [0.5, 0.6) is 0 Å². The number of carboxylic acid groups (broad SMARTS) is 1. The highest BCUT2D eigenvalue weighted by atomic mass is 16.4. The number of hydrogen-bond donors (Lipinski definition) is 4. The molecule has 0 heterocycles. The molecule has 0 saturated heterocycles. The van der Waals surface area contributed by atoms with Crippen molar-refractivity contribution in [2.45, 2.75) is 76.5 Å². The Morgan fingerprint density at radius 2 is 1.90 bits per heavy atom. The maximum absolute atomic E-state index is 12.0. The lowest BCUT2D eigenvalue weighted by molar-refractivity contribution is -0.144. The predicted molar refractivity (Wildman–Crippen MR) is 75.5 cm³/mol. The Kier molecular flexibility index (Phi) is 6.26. The molecule has 1 fully saturated rings. The van der Waals surface area contributed by atoms with E-state index in [9.17, 15) is 19.8 Å². The van der Waals surface area contributed by atoms with E-state index in [-0.39, 0.29) is 6.04 Å². The molecule has 1 aliphatic rings. The van der Waals surface area contributed by atoms with Crippen molar-refractivity contribution in [3.8, 4) is 0 Å². The number of aliphatic hydroxyl groups excluding tert-OH is 1. The largest absolute Gasteiger partial charge is 0.480 e. The van der Waals surface area contributed by atoms with Crippen LogP contribution in [0.25, 0.3) is 0 Å². The van der Waals surface area contributed by atoms with E-state index in [1.165, 1.54) is 6.92 Å². The Morgan fingerprint density at radius 3 is 2.50 bits per heavy atom. The van der Waals surface area contributed by atoms with Crippen LogP contribution in [0.1, 0.15) is 58.8 Å². The number of nitrogens with one attached hydrogen (secondary N) is 2. The molecule has 4 N–H and O–H groups in total. The summed E-state index contributed by atoms with van der Waals surface area (Å²) in [6.45, 7) is 3.37. The van der Waals surface area contributed by atoms with E-state index < -0.39 is 23.6 Å². The fourth-order valence-electron chi connectivity index (χ4n) is 2.63. The first-order valence-corrected chi connectivity index (χ1v) is 7.39. The average Bonchev–Trinajstić information content (AvgIpc) is 2.55. The van der Waals surface area contributed by atoms with Crippen LogP contribution in [0.4, 0.5) is 4.79 Å². The summed E-state index contributed by atoms with van der Waals surface area (Å²) in [6, 6.07) is -0.813. The molecule has 0 aromatic rings. The summed E-state index contributed by atoms with van der Waals surface area (Å²) in [5.41, 5.74) is -1.27. The molecule has 1 rings (SSSR count). The van der Waals surface area contributed by atoms with Crippen LogP contribution in [-0.4, -0.2) is 39.9 Å². The Labute approximate surface area is 119 Å². The summed E-state index contributed by atoms with van der Waals surface area (Å²) >= 11 is 0. The molecule has 0 aliphatic heterocycles. The number of aliphatic hydroxyl groups is 1. The molecule has 3 atom stereocenters. The van der Waals surface area contributed by atoms with Gasteiger partial charge in [-0.05, 0) is 26.2 Å². The summed E-state index contributed by atoms with van der Waals surface area (Å²) in [6.07, 6.45) is 4.86. The van der Waals surface area contributed by atoms with Crippen LogP contribution >= 0.6 is 0 Å². The maximum Gasteiger partial charge on any atom is 0.329 e. The van der Waals surface area contributed by atoms with Crippen molar-refractivity contribution in [3.05, 3.63) is 0 Å². The Morgan fingerprint density at radius 1 is 1.25 bits per heavy atom. The molecule has 2 amide bonds. The molecule has 0 spiro atoms. The van der Waals surface area contributed by atoms with Crippen molar-refractivity contribution in [3.63, 3.8) is 0 Å². The smallest absolute Gasteiger partial charge is 0.329 e. The Balaban J connectivity index is 2.58. The molecule has 6 heteroatoms. The van der Waals surface area contributed by atoms with Crippen molar-refractivity contribution >= 4 is 12.0 Å². The molecule has 3 unspecified atom stereocenters. The van der Waals surface area contributed by atoms with Crippen molar-refractivity contribution in [2.24, 2.45) is 0 Å². The van der Waals surface area contributed by atoms with E-state index >= 15 is 0 Å². The maximum atomic E-state index is 12.0. The highest BCUT2D eigenvalue weighted by Crippen LogP contribution is 2.18. The van der Waals surface area contributed by atoms with Gasteiger partial charge in [0.05, 0.1) is 12.1 Å². The number of aliphatic carboxylic acids is 1. The standard InChI is InChI=1S/C14H26N2O4/c1-3-9-14(2,12(18)19)16-13(20)15-10-7-5-4-6-8-11(10)17/h10-11,17H,3-9H2,1-2H3,(H,18,19)(H2,15,16,20). The van der Waals surface area contributed by atoms with E-state index in [1.807, 2.05) is 6.92 Å². The van der Waals surface area contributed by atoms with Crippen LogP contribution in [0.15, 0.2) is 0 Å². The van der Waals surface area contributed by atoms with Crippen LogP contribution in [0.3, 0.4) is 0 Å². The minimum atomic E-state index is -1.27. The number of hydrogen-bond acceptors (Lipinski definition) is 3. The Bertz CT molecular complexity index is 348. The first kappa shape index (κ1) is 16.8. The average molecular weight is 286 g/mol. The fraction of sp³-hybridized carbons (Fsp3) is 0.857. The zero-order valence-electron chi connectivity index (χ0n) is 12.3. The molecule has 20 heavy (non-hydrogen) atoms. The lowest BCUT2D eigenvalue weighted by atomic mass is 9.96. The van der Waals surface area contributed by atoms with Gasteiger partial charge in [0.25, 0.3) is 0 Å². The molecular formula is C14H26N2O4. The van der Waals surface area contributed by atoms with Gasteiger partial charge in [-0.2, -0.15) is 0 Å². The summed E-state index contributed by atoms with van der Waals surface area (Å²) in [4.78, 5) is 23.2. The van der Waals surface area contributed by atoms with Gasteiger partial charge in [-0.3, -0.25) is 0 Å². The quantitative estimate of drug-likeness (QED) is 0.577. The summed E-state index contributed by atoms with van der Waals surface area (Å²) in [7, 11) is 0. The lowest BCUT2D eigenvalue weighted by Crippen LogP contribution is -2.57. The number of amides is 2. The van der Waals surface area contributed by atoms with Gasteiger partial charge in [-0.25, -0.2) is 9.59 Å². The third kappa shape index (κ3) is 4.67. The highest BCUT2D eigenvalue weighted by Gasteiger charge is 2.34. The van der Waals surface area contributed by atoms with Crippen LogP contribution in [0, 0.1) is 0 Å². The van der Waals surface area contributed by atoms with Gasteiger partial charge in [-0.1, -0.05) is 32.6 Å². The second kappa shape index (κ2) is 7.47. The van der Waals surface area contributed by atoms with Crippen LogP contribution in [-0.2, 0) is 4.79 Å². The second-order valence-electron chi connectivity index (χ2n) is 5.80. The van der Waals surface area contributed by atoms with Gasteiger partial charge in [0.15, 0.2) is 0 Å². The minimum Gasteiger partial charge on any atom is -0.480 e. The molecule has 0 aromatic heterocycles. The lowest BCUT2D eigenvalue weighted by Gasteiger charge is -2.28. The predicted octanol–water partition coefficient (Wildman–Crippen LogP) is 1.62. The Hall–Kier alpha value is -1.30. The van der Waals surface area contributed by atoms with E-state index in [0.29, 0.717) is 19.3 Å². The minimum absolute atomic E-state index is 0.294. The van der Waals surface area contributed by atoms with Gasteiger partial charge in [-0.15, -0.1) is 0 Å². The topological polar surface area (TPSA) is 98.7 Å². The third-order valence-electron chi connectivity index (χ3n) is 3.91. The number of rotatable bonds is 5. The third-order valence-corrected chi connectivity index (χ3v) is 3.91. The van der Waals surface area contributed by atoms with E-state index in [2.05, 4.69) is 10.6 Å². The molecule has 1 aliphatic carbocycles.